The number of amides is 1. The van der Waals surface area contributed by atoms with Gasteiger partial charge in [-0.15, -0.1) is 11.8 Å². The smallest absolute Gasteiger partial charge is 0.335 e. The van der Waals surface area contributed by atoms with Crippen LogP contribution < -0.4 is 10.1 Å². The largest absolute Gasteiger partial charge is 0.497 e. The zero-order chi connectivity index (χ0) is 39.4. The average molecular weight is 799 g/mol. The molecule has 2 aromatic heterocycles. The first-order chi connectivity index (χ1) is 25.7. The second-order valence-corrected chi connectivity index (χ2v) is 25.3. The number of rotatable bonds is 14. The number of fused-ring (bicyclic) bond motifs is 2. The number of thioether (sulfide) groups is 1. The minimum Gasteiger partial charge on any atom is -0.497 e. The molecule has 4 heterocycles. The SMILES string of the molecule is CCOC(=O)C[C@@]1(SCCC#N)[C@@H]2O[Si](C(C)C)(C(C)C)O[Si](C(C)C)(C(C)C)OC[C@H]2O[C@H]1n1cnc2c(NC(=O)c3ccc(OC)cc3)ncnc21. The number of ether oxygens (including phenoxy) is 3. The summed E-state index contributed by atoms with van der Waals surface area (Å²) >= 11 is 1.46. The summed E-state index contributed by atoms with van der Waals surface area (Å²) in [6, 6.07) is 8.98. The Morgan fingerprint density at radius 2 is 1.70 bits per heavy atom. The van der Waals surface area contributed by atoms with Gasteiger partial charge in [0.15, 0.2) is 23.2 Å². The summed E-state index contributed by atoms with van der Waals surface area (Å²) in [7, 11) is -4.55. The number of esters is 1. The number of nitriles is 1. The van der Waals surface area contributed by atoms with Crippen LogP contribution in [0.15, 0.2) is 36.9 Å². The van der Waals surface area contributed by atoms with Crippen LogP contribution in [0.4, 0.5) is 5.82 Å². The maximum Gasteiger partial charge on any atom is 0.335 e. The third-order valence-electron chi connectivity index (χ3n) is 10.4. The molecule has 0 unspecified atom stereocenters. The van der Waals surface area contributed by atoms with Crippen LogP contribution in [0.3, 0.4) is 0 Å². The van der Waals surface area contributed by atoms with Gasteiger partial charge < -0.3 is 32.5 Å². The van der Waals surface area contributed by atoms with Crippen molar-refractivity contribution in [2.24, 2.45) is 0 Å². The highest BCUT2D eigenvalue weighted by atomic mass is 32.2. The van der Waals surface area contributed by atoms with E-state index in [4.69, 9.17) is 27.2 Å². The van der Waals surface area contributed by atoms with E-state index in [0.717, 1.165) is 0 Å². The summed E-state index contributed by atoms with van der Waals surface area (Å²) < 4.78 is 40.7. The van der Waals surface area contributed by atoms with Crippen LogP contribution in [-0.4, -0.2) is 91.5 Å². The highest BCUT2D eigenvalue weighted by Gasteiger charge is 2.67. The van der Waals surface area contributed by atoms with E-state index in [1.807, 2.05) is 0 Å². The van der Waals surface area contributed by atoms with Crippen molar-refractivity contribution in [3.05, 3.63) is 42.5 Å². The number of methoxy groups -OCH3 is 1. The van der Waals surface area contributed by atoms with Crippen LogP contribution in [-0.2, 0) is 27.2 Å². The lowest BCUT2D eigenvalue weighted by Gasteiger charge is -2.52. The summed E-state index contributed by atoms with van der Waals surface area (Å²) in [6.07, 6.45) is 0.877. The van der Waals surface area contributed by atoms with Crippen molar-refractivity contribution in [2.45, 2.75) is 121 Å². The molecule has 294 valence electrons. The van der Waals surface area contributed by atoms with Crippen LogP contribution >= 0.6 is 11.8 Å². The fourth-order valence-corrected chi connectivity index (χ4v) is 20.5. The fourth-order valence-electron chi connectivity index (χ4n) is 7.69. The quantitative estimate of drug-likeness (QED) is 0.0982. The molecular formula is C37H54N6O8SSi2. The van der Waals surface area contributed by atoms with Crippen molar-refractivity contribution in [3.63, 3.8) is 0 Å². The summed E-state index contributed by atoms with van der Waals surface area (Å²) in [5.74, 6) is 0.415. The number of nitrogens with zero attached hydrogens (tertiary/aromatic N) is 5. The van der Waals surface area contributed by atoms with Gasteiger partial charge in [-0.3, -0.25) is 14.2 Å². The Morgan fingerprint density at radius 1 is 1.04 bits per heavy atom. The van der Waals surface area contributed by atoms with Crippen molar-refractivity contribution in [3.8, 4) is 11.8 Å². The predicted octanol–water partition coefficient (Wildman–Crippen LogP) is 7.28. The summed E-state index contributed by atoms with van der Waals surface area (Å²) in [5, 5.41) is 12.6. The Morgan fingerprint density at radius 3 is 2.30 bits per heavy atom. The summed E-state index contributed by atoms with van der Waals surface area (Å²) in [5.41, 5.74) is 1.40. The molecule has 17 heteroatoms. The van der Waals surface area contributed by atoms with E-state index in [0.29, 0.717) is 28.2 Å². The number of nitrogens with one attached hydrogen (secondary N) is 1. The molecule has 2 aliphatic rings. The van der Waals surface area contributed by atoms with Gasteiger partial charge in [-0.1, -0.05) is 55.4 Å². The molecule has 2 saturated heterocycles. The molecule has 14 nitrogen and oxygen atoms in total. The van der Waals surface area contributed by atoms with Gasteiger partial charge in [-0.2, -0.15) is 5.26 Å². The van der Waals surface area contributed by atoms with E-state index in [1.165, 1.54) is 18.1 Å². The molecule has 1 N–H and O–H groups in total. The van der Waals surface area contributed by atoms with Gasteiger partial charge in [0.1, 0.15) is 18.2 Å². The first-order valence-corrected chi connectivity index (χ1v) is 23.6. The number of hydrogen-bond acceptors (Lipinski definition) is 13. The summed E-state index contributed by atoms with van der Waals surface area (Å²) in [6.45, 7) is 19.4. The van der Waals surface area contributed by atoms with Gasteiger partial charge in [-0.05, 0) is 53.4 Å². The molecule has 54 heavy (non-hydrogen) atoms. The van der Waals surface area contributed by atoms with Crippen molar-refractivity contribution in [2.75, 3.05) is 31.4 Å². The number of hydrogen-bond donors (Lipinski definition) is 1. The summed E-state index contributed by atoms with van der Waals surface area (Å²) in [4.78, 5) is 40.7. The lowest BCUT2D eigenvalue weighted by molar-refractivity contribution is -0.145. The van der Waals surface area contributed by atoms with Crippen LogP contribution in [0, 0.1) is 11.3 Å². The third-order valence-corrected chi connectivity index (χ3v) is 22.1. The Hall–Kier alpha value is -3.38. The second kappa shape index (κ2) is 17.2. The molecule has 3 aromatic rings. The first kappa shape index (κ1) is 41.8. The monoisotopic (exact) mass is 798 g/mol. The van der Waals surface area contributed by atoms with Gasteiger partial charge in [0, 0.05) is 17.7 Å². The molecule has 2 aliphatic heterocycles. The maximum atomic E-state index is 13.7. The van der Waals surface area contributed by atoms with E-state index in [2.05, 4.69) is 81.7 Å². The molecule has 1 aromatic carbocycles. The molecule has 5 rings (SSSR count). The van der Waals surface area contributed by atoms with Crippen LogP contribution in [0.2, 0.25) is 22.2 Å². The zero-order valence-corrected chi connectivity index (χ0v) is 35.8. The number of aromatic nitrogens is 4. The number of anilines is 1. The zero-order valence-electron chi connectivity index (χ0n) is 33.0. The fraction of sp³-hybridized carbons (Fsp3) is 0.622. The number of carbonyl (C=O) groups is 2. The van der Waals surface area contributed by atoms with E-state index in [1.54, 1.807) is 49.2 Å². The van der Waals surface area contributed by atoms with Gasteiger partial charge in [-0.25, -0.2) is 15.0 Å². The highest BCUT2D eigenvalue weighted by Crippen LogP contribution is 2.57. The molecular weight excluding hydrogens is 745 g/mol. The first-order valence-electron chi connectivity index (χ1n) is 18.7. The van der Waals surface area contributed by atoms with Gasteiger partial charge >= 0.3 is 23.1 Å². The van der Waals surface area contributed by atoms with Gasteiger partial charge in [0.2, 0.25) is 0 Å². The van der Waals surface area contributed by atoms with Crippen molar-refractivity contribution < 1.29 is 36.8 Å². The van der Waals surface area contributed by atoms with E-state index in [-0.39, 0.29) is 59.9 Å². The molecule has 0 spiro atoms. The van der Waals surface area contributed by atoms with Crippen molar-refractivity contribution in [1.82, 2.24) is 19.5 Å². The number of imidazole rings is 1. The highest BCUT2D eigenvalue weighted by molar-refractivity contribution is 8.00. The lowest BCUT2D eigenvalue weighted by atomic mass is 9.94. The van der Waals surface area contributed by atoms with Crippen molar-refractivity contribution in [1.29, 1.82) is 5.26 Å². The Bertz CT molecular complexity index is 1800. The minimum absolute atomic E-state index is 0.0198. The van der Waals surface area contributed by atoms with Crippen molar-refractivity contribution >= 4 is 57.7 Å². The Labute approximate surface area is 324 Å². The predicted molar refractivity (Wildman–Crippen MR) is 211 cm³/mol. The van der Waals surface area contributed by atoms with Gasteiger partial charge in [0.05, 0.1) is 50.0 Å². The molecule has 0 saturated carbocycles. The molecule has 1 amide bonds. The van der Waals surface area contributed by atoms with E-state index >= 15 is 0 Å². The topological polar surface area (TPSA) is 169 Å². The number of benzene rings is 1. The van der Waals surface area contributed by atoms with Crippen LogP contribution in [0.1, 0.15) is 91.7 Å². The average Bonchev–Trinajstić information content (AvgIpc) is 3.67. The van der Waals surface area contributed by atoms with Crippen LogP contribution in [0.5, 0.6) is 5.75 Å². The maximum absolute atomic E-state index is 13.7. The standard InChI is InChI=1S/C37H54N6O8SSi2/c1-11-47-30(44)19-37(52-18-12-17-38)32-29(20-48-53(23(2)3,24(4)5)51-54(50-32,25(6)7)26(8)9)49-36(37)43-22-41-31-33(39-21-40-34(31)43)42-35(45)27-13-15-28(46-10)16-14-27/h13-16,21-26,29,32,36H,11-12,18-20H2,1-10H3,(H,39,40,42,45)/t29-,32-,36-,37-/m1/s1. The Balaban J connectivity index is 1.67. The molecule has 0 bridgehead atoms. The lowest BCUT2D eigenvalue weighted by Crippen LogP contribution is -2.67. The molecule has 0 aliphatic carbocycles. The number of carbonyl (C=O) groups excluding carboxylic acids is 2. The van der Waals surface area contributed by atoms with E-state index < -0.39 is 46.3 Å². The minimum atomic E-state index is -3.19. The molecule has 2 fully saturated rings. The normalized spacial score (nSPS) is 23.6. The molecule has 0 radical (unpaired) electrons. The Kier molecular flexibility index (Phi) is 13.3. The molecule has 4 atom stereocenters. The second-order valence-electron chi connectivity index (χ2n) is 15.0. The van der Waals surface area contributed by atoms with Crippen LogP contribution in [0.25, 0.3) is 11.2 Å². The third kappa shape index (κ3) is 7.84. The van der Waals surface area contributed by atoms with Gasteiger partial charge in [0.25, 0.3) is 5.91 Å². The van der Waals surface area contributed by atoms with E-state index in [9.17, 15) is 14.9 Å².